The Kier molecular flexibility index (Phi) is 4.93. The third-order valence-electron chi connectivity index (χ3n) is 3.72. The van der Waals surface area contributed by atoms with E-state index in [0.29, 0.717) is 11.9 Å². The van der Waals surface area contributed by atoms with E-state index in [1.54, 1.807) is 0 Å². The molecule has 1 aliphatic rings. The van der Waals surface area contributed by atoms with Gasteiger partial charge in [0.2, 0.25) is 0 Å². The number of hydrogen-bond acceptors (Lipinski definition) is 2. The molecule has 2 heterocycles. The SMILES string of the molecule is CCc1nn(CC)c(CN2CCCC2CCl)c1Cl. The lowest BCUT2D eigenvalue weighted by molar-refractivity contribution is 0.254. The number of alkyl halides is 1. The lowest BCUT2D eigenvalue weighted by Gasteiger charge is -2.22. The van der Waals surface area contributed by atoms with E-state index in [2.05, 4.69) is 23.8 Å². The maximum absolute atomic E-state index is 6.43. The van der Waals surface area contributed by atoms with Crippen molar-refractivity contribution in [3.63, 3.8) is 0 Å². The highest BCUT2D eigenvalue weighted by Gasteiger charge is 2.26. The maximum atomic E-state index is 6.43. The van der Waals surface area contributed by atoms with Crippen molar-refractivity contribution in [2.45, 2.75) is 52.2 Å². The zero-order valence-electron chi connectivity index (χ0n) is 11.1. The van der Waals surface area contributed by atoms with E-state index >= 15 is 0 Å². The summed E-state index contributed by atoms with van der Waals surface area (Å²) >= 11 is 12.5. The molecule has 0 bridgehead atoms. The molecule has 1 aromatic rings. The first-order valence-corrected chi connectivity index (χ1v) is 7.66. The largest absolute Gasteiger partial charge is 0.293 e. The second kappa shape index (κ2) is 6.27. The van der Waals surface area contributed by atoms with Crippen LogP contribution in [0.25, 0.3) is 0 Å². The second-order valence-electron chi connectivity index (χ2n) is 4.80. The van der Waals surface area contributed by atoms with Crippen molar-refractivity contribution < 1.29 is 0 Å². The lowest BCUT2D eigenvalue weighted by atomic mass is 10.2. The topological polar surface area (TPSA) is 21.1 Å². The van der Waals surface area contributed by atoms with Gasteiger partial charge in [0.15, 0.2) is 0 Å². The van der Waals surface area contributed by atoms with E-state index in [1.807, 2.05) is 4.68 Å². The van der Waals surface area contributed by atoms with Gasteiger partial charge in [-0.25, -0.2) is 0 Å². The Labute approximate surface area is 119 Å². The van der Waals surface area contributed by atoms with Crippen LogP contribution >= 0.6 is 23.2 Å². The van der Waals surface area contributed by atoms with Crippen molar-refractivity contribution in [2.24, 2.45) is 0 Å². The van der Waals surface area contributed by atoms with E-state index in [9.17, 15) is 0 Å². The maximum Gasteiger partial charge on any atom is 0.0863 e. The van der Waals surface area contributed by atoms with E-state index in [4.69, 9.17) is 23.2 Å². The molecule has 1 atom stereocenters. The van der Waals surface area contributed by atoms with Crippen LogP contribution in [0.2, 0.25) is 5.02 Å². The zero-order valence-corrected chi connectivity index (χ0v) is 12.6. The highest BCUT2D eigenvalue weighted by Crippen LogP contribution is 2.27. The molecular formula is C13H21Cl2N3. The van der Waals surface area contributed by atoms with E-state index < -0.39 is 0 Å². The average molecular weight is 290 g/mol. The van der Waals surface area contributed by atoms with Crippen molar-refractivity contribution >= 4 is 23.2 Å². The smallest absolute Gasteiger partial charge is 0.0863 e. The fourth-order valence-electron chi connectivity index (χ4n) is 2.64. The Morgan fingerprint density at radius 1 is 1.39 bits per heavy atom. The molecule has 0 spiro atoms. The molecule has 5 heteroatoms. The minimum Gasteiger partial charge on any atom is -0.293 e. The molecule has 102 valence electrons. The molecule has 0 saturated carbocycles. The minimum absolute atomic E-state index is 0.494. The van der Waals surface area contributed by atoms with Crippen LogP contribution in [0.4, 0.5) is 0 Å². The third-order valence-corrected chi connectivity index (χ3v) is 4.52. The molecule has 0 N–H and O–H groups in total. The van der Waals surface area contributed by atoms with Crippen molar-refractivity contribution in [1.29, 1.82) is 0 Å². The van der Waals surface area contributed by atoms with Crippen molar-refractivity contribution in [3.05, 3.63) is 16.4 Å². The minimum atomic E-state index is 0.494. The number of rotatable bonds is 5. The number of aryl methyl sites for hydroxylation is 2. The highest BCUT2D eigenvalue weighted by molar-refractivity contribution is 6.31. The van der Waals surface area contributed by atoms with Crippen molar-refractivity contribution in [3.8, 4) is 0 Å². The van der Waals surface area contributed by atoms with Crippen LogP contribution in [0.5, 0.6) is 0 Å². The van der Waals surface area contributed by atoms with E-state index in [0.717, 1.165) is 42.5 Å². The molecule has 1 fully saturated rings. The Morgan fingerprint density at radius 3 is 2.78 bits per heavy atom. The van der Waals surface area contributed by atoms with Gasteiger partial charge in [0.25, 0.3) is 0 Å². The molecule has 0 radical (unpaired) electrons. The van der Waals surface area contributed by atoms with E-state index in [-0.39, 0.29) is 0 Å². The first kappa shape index (κ1) is 14.2. The molecule has 1 unspecified atom stereocenters. The molecule has 18 heavy (non-hydrogen) atoms. The van der Waals surface area contributed by atoms with Gasteiger partial charge < -0.3 is 0 Å². The predicted octanol–water partition coefficient (Wildman–Crippen LogP) is 3.32. The molecule has 1 aliphatic heterocycles. The molecule has 0 aromatic carbocycles. The van der Waals surface area contributed by atoms with Crippen LogP contribution in [0.1, 0.15) is 38.1 Å². The normalized spacial score (nSPS) is 20.8. The van der Waals surface area contributed by atoms with Gasteiger partial charge in [-0.15, -0.1) is 11.6 Å². The Morgan fingerprint density at radius 2 is 2.17 bits per heavy atom. The second-order valence-corrected chi connectivity index (χ2v) is 5.48. The number of nitrogens with zero attached hydrogens (tertiary/aromatic N) is 3. The number of likely N-dealkylation sites (tertiary alicyclic amines) is 1. The molecule has 0 aliphatic carbocycles. The Bertz CT molecular complexity index is 403. The predicted molar refractivity (Wildman–Crippen MR) is 76.4 cm³/mol. The fourth-order valence-corrected chi connectivity index (χ4v) is 3.32. The molecule has 2 rings (SSSR count). The van der Waals surface area contributed by atoms with Crippen LogP contribution in [-0.4, -0.2) is 33.1 Å². The fraction of sp³-hybridized carbons (Fsp3) is 0.769. The standard InChI is InChI=1S/C13H21Cl2N3/c1-3-11-13(15)12(18(4-2)16-11)9-17-7-5-6-10(17)8-14/h10H,3-9H2,1-2H3. The van der Waals surface area contributed by atoms with Gasteiger partial charge in [0, 0.05) is 25.0 Å². The van der Waals surface area contributed by atoms with Gasteiger partial charge in [0.1, 0.15) is 0 Å². The molecule has 1 aromatic heterocycles. The first-order chi connectivity index (χ1) is 8.71. The number of aromatic nitrogens is 2. The highest BCUT2D eigenvalue weighted by atomic mass is 35.5. The molecular weight excluding hydrogens is 269 g/mol. The molecule has 0 amide bonds. The summed E-state index contributed by atoms with van der Waals surface area (Å²) in [6, 6.07) is 0.494. The van der Waals surface area contributed by atoms with Gasteiger partial charge >= 0.3 is 0 Å². The van der Waals surface area contributed by atoms with Gasteiger partial charge in [-0.3, -0.25) is 9.58 Å². The van der Waals surface area contributed by atoms with E-state index in [1.165, 1.54) is 12.8 Å². The average Bonchev–Trinajstić information content (AvgIpc) is 2.95. The van der Waals surface area contributed by atoms with Gasteiger partial charge in [0.05, 0.1) is 16.4 Å². The van der Waals surface area contributed by atoms with Crippen LogP contribution in [0, 0.1) is 0 Å². The zero-order chi connectivity index (χ0) is 13.1. The summed E-state index contributed by atoms with van der Waals surface area (Å²) in [6.07, 6.45) is 3.32. The van der Waals surface area contributed by atoms with Gasteiger partial charge in [-0.2, -0.15) is 5.10 Å². The summed E-state index contributed by atoms with van der Waals surface area (Å²) < 4.78 is 2.03. The summed E-state index contributed by atoms with van der Waals surface area (Å²) in [4.78, 5) is 2.43. The van der Waals surface area contributed by atoms with Gasteiger partial charge in [-0.05, 0) is 32.7 Å². The van der Waals surface area contributed by atoms with Crippen LogP contribution in [-0.2, 0) is 19.5 Å². The summed E-state index contributed by atoms with van der Waals surface area (Å²) in [5.41, 5.74) is 2.16. The van der Waals surface area contributed by atoms with Crippen LogP contribution in [0.3, 0.4) is 0 Å². The molecule has 1 saturated heterocycles. The summed E-state index contributed by atoms with van der Waals surface area (Å²) in [7, 11) is 0. The summed E-state index contributed by atoms with van der Waals surface area (Å²) in [6.45, 7) is 7.06. The summed E-state index contributed by atoms with van der Waals surface area (Å²) in [5, 5.41) is 5.41. The van der Waals surface area contributed by atoms with Gasteiger partial charge in [-0.1, -0.05) is 18.5 Å². The Balaban J connectivity index is 2.19. The first-order valence-electron chi connectivity index (χ1n) is 6.75. The molecule has 3 nitrogen and oxygen atoms in total. The van der Waals surface area contributed by atoms with Crippen LogP contribution in [0.15, 0.2) is 0 Å². The third kappa shape index (κ3) is 2.68. The van der Waals surface area contributed by atoms with Crippen molar-refractivity contribution in [2.75, 3.05) is 12.4 Å². The number of hydrogen-bond donors (Lipinski definition) is 0. The van der Waals surface area contributed by atoms with Crippen molar-refractivity contribution in [1.82, 2.24) is 14.7 Å². The number of halogens is 2. The quantitative estimate of drug-likeness (QED) is 0.776. The summed E-state index contributed by atoms with van der Waals surface area (Å²) in [5.74, 6) is 0.707. The Hall–Kier alpha value is -0.250. The monoisotopic (exact) mass is 289 g/mol. The lowest BCUT2D eigenvalue weighted by Crippen LogP contribution is -2.31. The van der Waals surface area contributed by atoms with Crippen LogP contribution < -0.4 is 0 Å².